The third kappa shape index (κ3) is 3.81. The van der Waals surface area contributed by atoms with E-state index >= 15 is 0 Å². The normalized spacial score (nSPS) is 19.8. The van der Waals surface area contributed by atoms with E-state index in [0.29, 0.717) is 55.3 Å². The molecule has 1 saturated heterocycles. The third-order valence-corrected chi connectivity index (χ3v) is 6.65. The molecule has 5 heterocycles. The monoisotopic (exact) mass is 451 g/mol. The van der Waals surface area contributed by atoms with Crippen molar-refractivity contribution in [2.24, 2.45) is 11.3 Å². The van der Waals surface area contributed by atoms with Gasteiger partial charge in [-0.25, -0.2) is 15.0 Å². The average Bonchev–Trinajstić information content (AvgIpc) is 3.45. The zero-order valence-electron chi connectivity index (χ0n) is 18.5. The Balaban J connectivity index is 1.28. The Labute approximate surface area is 189 Å². The van der Waals surface area contributed by atoms with Crippen molar-refractivity contribution in [3.05, 3.63) is 35.8 Å². The van der Waals surface area contributed by atoms with Gasteiger partial charge in [0.1, 0.15) is 17.5 Å². The molecule has 2 aliphatic rings. The van der Waals surface area contributed by atoms with E-state index in [-0.39, 0.29) is 34.7 Å². The topological polar surface area (TPSA) is 151 Å². The first-order chi connectivity index (χ1) is 15.8. The molecular weight excluding hydrogens is 426 g/mol. The van der Waals surface area contributed by atoms with E-state index in [1.165, 1.54) is 18.7 Å². The molecular formula is C21H25N9O3. The highest BCUT2D eigenvalue weighted by molar-refractivity contribution is 6.02. The summed E-state index contributed by atoms with van der Waals surface area (Å²) < 4.78 is 1.55. The summed E-state index contributed by atoms with van der Waals surface area (Å²) in [6, 6.07) is 1.51. The molecule has 33 heavy (non-hydrogen) atoms. The van der Waals surface area contributed by atoms with Crippen LogP contribution < -0.4 is 10.6 Å². The van der Waals surface area contributed by atoms with Crippen LogP contribution in [0.5, 0.6) is 0 Å². The minimum Gasteiger partial charge on any atom is -0.350 e. The SMILES string of the molecule is CC1(C)CCN(C(=O)c2ncnc3nc[nH]c23)CC1CNC(=O)c1cc2n(n1)CCNC2=O. The Morgan fingerprint density at radius 3 is 2.91 bits per heavy atom. The number of imidazole rings is 1. The highest BCUT2D eigenvalue weighted by Crippen LogP contribution is 2.36. The molecule has 2 aliphatic heterocycles. The molecule has 0 saturated carbocycles. The number of piperidine rings is 1. The summed E-state index contributed by atoms with van der Waals surface area (Å²) in [4.78, 5) is 55.0. The number of hydrogen-bond acceptors (Lipinski definition) is 7. The lowest BCUT2D eigenvalue weighted by atomic mass is 9.73. The average molecular weight is 451 g/mol. The fraction of sp³-hybridized carbons (Fsp3) is 0.476. The summed E-state index contributed by atoms with van der Waals surface area (Å²) in [6.07, 6.45) is 3.62. The second-order valence-electron chi connectivity index (χ2n) is 9.11. The molecule has 12 nitrogen and oxygen atoms in total. The lowest BCUT2D eigenvalue weighted by molar-refractivity contribution is 0.0411. The van der Waals surface area contributed by atoms with Crippen LogP contribution in [0.2, 0.25) is 0 Å². The maximum atomic E-state index is 13.2. The van der Waals surface area contributed by atoms with E-state index in [1.807, 2.05) is 0 Å². The fourth-order valence-electron chi connectivity index (χ4n) is 4.39. The molecule has 1 atom stereocenters. The fourth-order valence-corrected chi connectivity index (χ4v) is 4.39. The number of aromatic amines is 1. The molecule has 0 bridgehead atoms. The number of amides is 3. The van der Waals surface area contributed by atoms with Crippen LogP contribution in [0.15, 0.2) is 18.7 Å². The van der Waals surface area contributed by atoms with Gasteiger partial charge < -0.3 is 20.5 Å². The number of nitrogens with one attached hydrogen (secondary N) is 3. The quantitative estimate of drug-likeness (QED) is 0.513. The lowest BCUT2D eigenvalue weighted by Crippen LogP contribution is -2.51. The van der Waals surface area contributed by atoms with Crippen LogP contribution in [0.25, 0.3) is 11.2 Å². The number of fused-ring (bicyclic) bond motifs is 2. The second kappa shape index (κ2) is 7.94. The number of carbonyl (C=O) groups excluding carboxylic acids is 3. The Kier molecular flexibility index (Phi) is 5.06. The summed E-state index contributed by atoms with van der Waals surface area (Å²) >= 11 is 0. The molecule has 1 fully saturated rings. The Morgan fingerprint density at radius 1 is 1.24 bits per heavy atom. The highest BCUT2D eigenvalue weighted by atomic mass is 16.2. The zero-order valence-corrected chi connectivity index (χ0v) is 18.5. The van der Waals surface area contributed by atoms with Crippen molar-refractivity contribution in [3.8, 4) is 0 Å². The van der Waals surface area contributed by atoms with Crippen LogP contribution in [0.4, 0.5) is 0 Å². The minimum absolute atomic E-state index is 0.0267. The van der Waals surface area contributed by atoms with E-state index in [4.69, 9.17) is 0 Å². The number of rotatable bonds is 4. The van der Waals surface area contributed by atoms with Crippen molar-refractivity contribution in [1.82, 2.24) is 45.2 Å². The maximum Gasteiger partial charge on any atom is 0.274 e. The molecule has 0 radical (unpaired) electrons. The standard InChI is InChI=1S/C21H25N9O3/c1-21(2)3-5-29(20(33)16-15-17(26-10-24-15)27-11-25-16)9-12(21)8-23-18(31)13-7-14-19(32)22-4-6-30(14)28-13/h7,10-12H,3-6,8-9H2,1-2H3,(H,22,32)(H,23,31)(H,24,25,26,27). The van der Waals surface area contributed by atoms with Crippen molar-refractivity contribution in [2.45, 2.75) is 26.8 Å². The molecule has 172 valence electrons. The summed E-state index contributed by atoms with van der Waals surface area (Å²) in [5.74, 6) is -0.726. The molecule has 5 rings (SSSR count). The van der Waals surface area contributed by atoms with E-state index < -0.39 is 0 Å². The van der Waals surface area contributed by atoms with Crippen molar-refractivity contribution in [2.75, 3.05) is 26.2 Å². The van der Waals surface area contributed by atoms with Crippen molar-refractivity contribution >= 4 is 28.9 Å². The van der Waals surface area contributed by atoms with Gasteiger partial charge in [-0.05, 0) is 17.8 Å². The smallest absolute Gasteiger partial charge is 0.274 e. The Bertz CT molecular complexity index is 1240. The van der Waals surface area contributed by atoms with Gasteiger partial charge in [-0.2, -0.15) is 5.10 Å². The molecule has 0 aliphatic carbocycles. The molecule has 3 amide bonds. The largest absolute Gasteiger partial charge is 0.350 e. The predicted octanol–water partition coefficient (Wildman–Crippen LogP) is 0.211. The van der Waals surface area contributed by atoms with Gasteiger partial charge in [0.05, 0.1) is 12.9 Å². The molecule has 3 N–H and O–H groups in total. The number of aromatic nitrogens is 6. The first-order valence-corrected chi connectivity index (χ1v) is 10.9. The zero-order chi connectivity index (χ0) is 23.2. The molecule has 1 unspecified atom stereocenters. The van der Waals surface area contributed by atoms with E-state index in [0.717, 1.165) is 6.42 Å². The van der Waals surface area contributed by atoms with Gasteiger partial charge in [-0.15, -0.1) is 0 Å². The molecule has 0 spiro atoms. The van der Waals surface area contributed by atoms with Gasteiger partial charge in [0.15, 0.2) is 17.0 Å². The van der Waals surface area contributed by atoms with Crippen LogP contribution in [-0.4, -0.2) is 78.5 Å². The second-order valence-corrected chi connectivity index (χ2v) is 9.11. The maximum absolute atomic E-state index is 13.2. The van der Waals surface area contributed by atoms with E-state index in [9.17, 15) is 14.4 Å². The lowest BCUT2D eigenvalue weighted by Gasteiger charge is -2.44. The van der Waals surface area contributed by atoms with Gasteiger partial charge >= 0.3 is 0 Å². The van der Waals surface area contributed by atoms with Crippen molar-refractivity contribution in [1.29, 1.82) is 0 Å². The van der Waals surface area contributed by atoms with Gasteiger partial charge in [-0.1, -0.05) is 13.8 Å². The predicted molar refractivity (Wildman–Crippen MR) is 116 cm³/mol. The number of H-pyrrole nitrogens is 1. The summed E-state index contributed by atoms with van der Waals surface area (Å²) in [7, 11) is 0. The van der Waals surface area contributed by atoms with Gasteiger partial charge in [-0.3, -0.25) is 19.1 Å². The van der Waals surface area contributed by atoms with Crippen molar-refractivity contribution in [3.63, 3.8) is 0 Å². The molecule has 0 aromatic carbocycles. The van der Waals surface area contributed by atoms with Crippen LogP contribution in [0.1, 0.15) is 51.7 Å². The Hall–Kier alpha value is -3.83. The Morgan fingerprint density at radius 2 is 2.09 bits per heavy atom. The van der Waals surface area contributed by atoms with Crippen LogP contribution in [0, 0.1) is 11.3 Å². The van der Waals surface area contributed by atoms with Crippen LogP contribution in [0.3, 0.4) is 0 Å². The first kappa shape index (κ1) is 21.0. The summed E-state index contributed by atoms with van der Waals surface area (Å²) in [5, 5.41) is 9.95. The molecule has 3 aromatic rings. The summed E-state index contributed by atoms with van der Waals surface area (Å²) in [6.45, 7) is 6.77. The van der Waals surface area contributed by atoms with Crippen molar-refractivity contribution < 1.29 is 14.4 Å². The van der Waals surface area contributed by atoms with E-state index in [2.05, 4.69) is 49.5 Å². The van der Waals surface area contributed by atoms with Gasteiger partial charge in [0.2, 0.25) is 0 Å². The molecule has 3 aromatic heterocycles. The van der Waals surface area contributed by atoms with Crippen LogP contribution >= 0.6 is 0 Å². The third-order valence-electron chi connectivity index (χ3n) is 6.65. The number of likely N-dealkylation sites (tertiary alicyclic amines) is 1. The first-order valence-electron chi connectivity index (χ1n) is 10.9. The van der Waals surface area contributed by atoms with E-state index in [1.54, 1.807) is 9.58 Å². The molecule has 12 heteroatoms. The van der Waals surface area contributed by atoms with Gasteiger partial charge in [0.25, 0.3) is 17.7 Å². The number of hydrogen-bond donors (Lipinski definition) is 3. The van der Waals surface area contributed by atoms with Gasteiger partial charge in [0, 0.05) is 32.2 Å². The number of nitrogens with zero attached hydrogens (tertiary/aromatic N) is 6. The summed E-state index contributed by atoms with van der Waals surface area (Å²) in [5.41, 5.74) is 1.78. The number of carbonyl (C=O) groups is 3. The van der Waals surface area contributed by atoms with Crippen LogP contribution in [-0.2, 0) is 6.54 Å². The highest BCUT2D eigenvalue weighted by Gasteiger charge is 2.38. The minimum atomic E-state index is -0.334.